The van der Waals surface area contributed by atoms with Crippen molar-refractivity contribution in [2.45, 2.75) is 33.3 Å². The lowest BCUT2D eigenvalue weighted by Gasteiger charge is -2.17. The highest BCUT2D eigenvalue weighted by atomic mass is 35.5. The molecule has 0 saturated heterocycles. The van der Waals surface area contributed by atoms with Gasteiger partial charge in [-0.15, -0.1) is 5.10 Å². The molecular weight excluding hydrogens is 418 g/mol. The molecule has 160 valence electrons. The number of hydrogen-bond donors (Lipinski definition) is 1. The number of halogens is 1. The first-order chi connectivity index (χ1) is 14.8. The fourth-order valence-corrected chi connectivity index (χ4v) is 3.11. The number of carbonyl (C=O) groups is 2. The van der Waals surface area contributed by atoms with Gasteiger partial charge in [-0.2, -0.15) is 4.68 Å². The van der Waals surface area contributed by atoms with Gasteiger partial charge in [0.05, 0.1) is 5.69 Å². The first-order valence-corrected chi connectivity index (χ1v) is 10.1. The predicted molar refractivity (Wildman–Crippen MR) is 119 cm³/mol. The summed E-state index contributed by atoms with van der Waals surface area (Å²) in [5.74, 6) is -0.359. The molecule has 3 aromatic rings. The normalized spacial score (nSPS) is 11.6. The van der Waals surface area contributed by atoms with Crippen LogP contribution in [0.4, 0.5) is 5.69 Å². The van der Waals surface area contributed by atoms with Crippen LogP contribution in [0.1, 0.15) is 36.2 Å². The van der Waals surface area contributed by atoms with Gasteiger partial charge in [-0.25, -0.2) is 0 Å². The Kier molecular flexibility index (Phi) is 6.87. The molecule has 7 nitrogen and oxygen atoms in total. The molecule has 0 bridgehead atoms. The number of aromatic nitrogens is 2. The molecule has 1 N–H and O–H groups in total. The van der Waals surface area contributed by atoms with Gasteiger partial charge in [-0.1, -0.05) is 36.7 Å². The lowest BCUT2D eigenvalue weighted by Crippen LogP contribution is -2.33. The van der Waals surface area contributed by atoms with Crippen molar-refractivity contribution in [2.75, 3.05) is 5.32 Å². The molecule has 3 rings (SSSR count). The maximum absolute atomic E-state index is 12.7. The minimum atomic E-state index is -0.847. The number of benzene rings is 2. The van der Waals surface area contributed by atoms with Crippen molar-refractivity contribution >= 4 is 29.0 Å². The second-order valence-corrected chi connectivity index (χ2v) is 7.43. The second kappa shape index (κ2) is 9.57. The summed E-state index contributed by atoms with van der Waals surface area (Å²) >= 11 is 6.07. The zero-order valence-corrected chi connectivity index (χ0v) is 18.1. The Balaban J connectivity index is 1.82. The van der Waals surface area contributed by atoms with Crippen LogP contribution in [0.15, 0.2) is 59.4 Å². The molecule has 8 heteroatoms. The monoisotopic (exact) mass is 439 g/mol. The third-order valence-corrected chi connectivity index (χ3v) is 4.87. The van der Waals surface area contributed by atoms with Crippen molar-refractivity contribution in [1.29, 1.82) is 0 Å². The summed E-state index contributed by atoms with van der Waals surface area (Å²) in [6.07, 6.45) is -0.477. The molecule has 0 aliphatic rings. The maximum atomic E-state index is 12.7. The lowest BCUT2D eigenvalue weighted by atomic mass is 10.1. The Morgan fingerprint density at radius 1 is 1.16 bits per heavy atom. The number of anilines is 1. The Morgan fingerprint density at radius 3 is 2.65 bits per heavy atom. The van der Waals surface area contributed by atoms with Crippen molar-refractivity contribution in [3.8, 4) is 11.6 Å². The van der Waals surface area contributed by atoms with E-state index in [1.165, 1.54) is 23.7 Å². The van der Waals surface area contributed by atoms with Gasteiger partial charge in [-0.3, -0.25) is 14.4 Å². The van der Waals surface area contributed by atoms with E-state index in [0.29, 0.717) is 28.4 Å². The molecule has 0 fully saturated rings. The van der Waals surface area contributed by atoms with Gasteiger partial charge in [-0.05, 0) is 50.1 Å². The Bertz CT molecular complexity index is 1190. The van der Waals surface area contributed by atoms with E-state index in [-0.39, 0.29) is 23.1 Å². The van der Waals surface area contributed by atoms with Crippen molar-refractivity contribution in [1.82, 2.24) is 9.78 Å². The van der Waals surface area contributed by atoms with E-state index >= 15 is 0 Å². The minimum absolute atomic E-state index is 0.0952. The van der Waals surface area contributed by atoms with Crippen LogP contribution in [-0.4, -0.2) is 27.6 Å². The molecule has 0 radical (unpaired) electrons. The fourth-order valence-electron chi connectivity index (χ4n) is 2.95. The van der Waals surface area contributed by atoms with Crippen molar-refractivity contribution < 1.29 is 14.3 Å². The molecular formula is C23H22ClN3O4. The zero-order valence-electron chi connectivity index (χ0n) is 17.4. The highest BCUT2D eigenvalue weighted by molar-refractivity contribution is 6.30. The largest absolute Gasteiger partial charge is 0.463 e. The molecule has 31 heavy (non-hydrogen) atoms. The first kappa shape index (κ1) is 22.2. The quantitative estimate of drug-likeness (QED) is 0.557. The van der Waals surface area contributed by atoms with E-state index in [9.17, 15) is 14.4 Å². The van der Waals surface area contributed by atoms with Crippen LogP contribution in [-0.2, 0) is 4.79 Å². The second-order valence-electron chi connectivity index (χ2n) is 6.99. The molecule has 0 spiro atoms. The molecule has 2 aromatic carbocycles. The standard InChI is InChI=1S/C23H22ClN3O4/c1-4-20(23(30)25-18-7-5-6-16(12-18)15(3)28)31-21-10-11-22(29)27(26-21)19-13-17(24)9-8-14(19)2/h5-13,20H,4H2,1-3H3,(H,25,30)/t20-/m0/s1. The fraction of sp³-hybridized carbons (Fsp3) is 0.217. The van der Waals surface area contributed by atoms with Gasteiger partial charge in [0, 0.05) is 28.4 Å². The topological polar surface area (TPSA) is 90.3 Å². The van der Waals surface area contributed by atoms with Gasteiger partial charge in [0.15, 0.2) is 11.9 Å². The number of Topliss-reactive ketones (excluding diaryl/α,β-unsaturated/α-hetero) is 1. The highest BCUT2D eigenvalue weighted by Crippen LogP contribution is 2.19. The van der Waals surface area contributed by atoms with Gasteiger partial charge in [0.1, 0.15) is 0 Å². The smallest absolute Gasteiger partial charge is 0.271 e. The van der Waals surface area contributed by atoms with Crippen LogP contribution >= 0.6 is 11.6 Å². The van der Waals surface area contributed by atoms with Crippen molar-refractivity contribution in [3.05, 3.63) is 81.1 Å². The van der Waals surface area contributed by atoms with Crippen LogP contribution in [0.2, 0.25) is 5.02 Å². The van der Waals surface area contributed by atoms with Gasteiger partial charge < -0.3 is 10.1 Å². The number of ketones is 1. The third-order valence-electron chi connectivity index (χ3n) is 4.64. The van der Waals surface area contributed by atoms with Gasteiger partial charge in [0.2, 0.25) is 5.88 Å². The number of rotatable bonds is 7. The maximum Gasteiger partial charge on any atom is 0.271 e. The summed E-state index contributed by atoms with van der Waals surface area (Å²) in [5, 5.41) is 7.48. The summed E-state index contributed by atoms with van der Waals surface area (Å²) in [7, 11) is 0. The Morgan fingerprint density at radius 2 is 1.94 bits per heavy atom. The number of nitrogens with one attached hydrogen (secondary N) is 1. The molecule has 1 heterocycles. The molecule has 0 aliphatic carbocycles. The van der Waals surface area contributed by atoms with Gasteiger partial charge >= 0.3 is 0 Å². The average Bonchev–Trinajstić information content (AvgIpc) is 2.75. The molecule has 1 aromatic heterocycles. The predicted octanol–water partition coefficient (Wildman–Crippen LogP) is 4.19. The van der Waals surface area contributed by atoms with E-state index in [4.69, 9.17) is 16.3 Å². The molecule has 1 atom stereocenters. The van der Waals surface area contributed by atoms with Crippen LogP contribution in [0.3, 0.4) is 0 Å². The first-order valence-electron chi connectivity index (χ1n) is 9.74. The van der Waals surface area contributed by atoms with E-state index in [1.807, 2.05) is 6.92 Å². The van der Waals surface area contributed by atoms with Gasteiger partial charge in [0.25, 0.3) is 11.5 Å². The molecule has 0 unspecified atom stereocenters. The van der Waals surface area contributed by atoms with Crippen molar-refractivity contribution in [2.24, 2.45) is 0 Å². The van der Waals surface area contributed by atoms with Crippen LogP contribution in [0, 0.1) is 6.92 Å². The van der Waals surface area contributed by atoms with Crippen LogP contribution < -0.4 is 15.6 Å². The summed E-state index contributed by atoms with van der Waals surface area (Å²) in [5.41, 5.74) is 1.98. The highest BCUT2D eigenvalue weighted by Gasteiger charge is 2.20. The molecule has 0 saturated carbocycles. The third kappa shape index (κ3) is 5.38. The van der Waals surface area contributed by atoms with Crippen molar-refractivity contribution in [3.63, 3.8) is 0 Å². The van der Waals surface area contributed by atoms with E-state index in [2.05, 4.69) is 10.4 Å². The number of amides is 1. The number of hydrogen-bond acceptors (Lipinski definition) is 5. The number of nitrogens with zero attached hydrogens (tertiary/aromatic N) is 2. The number of ether oxygens (including phenoxy) is 1. The minimum Gasteiger partial charge on any atom is -0.463 e. The number of carbonyl (C=O) groups excluding carboxylic acids is 2. The SMILES string of the molecule is CC[C@H](Oc1ccc(=O)n(-c2cc(Cl)ccc2C)n1)C(=O)Nc1cccc(C(C)=O)c1. The Hall–Kier alpha value is -3.45. The lowest BCUT2D eigenvalue weighted by molar-refractivity contribution is -0.123. The number of aryl methyl sites for hydroxylation is 1. The molecule has 0 aliphatic heterocycles. The average molecular weight is 440 g/mol. The van der Waals surface area contributed by atoms with E-state index < -0.39 is 6.10 Å². The molecule has 1 amide bonds. The van der Waals surface area contributed by atoms with E-state index in [0.717, 1.165) is 5.56 Å². The summed E-state index contributed by atoms with van der Waals surface area (Å²) < 4.78 is 6.97. The summed E-state index contributed by atoms with van der Waals surface area (Å²) in [6.45, 7) is 5.10. The van der Waals surface area contributed by atoms with Crippen LogP contribution in [0.25, 0.3) is 5.69 Å². The Labute approximate surface area is 184 Å². The summed E-state index contributed by atoms with van der Waals surface area (Å²) in [6, 6.07) is 14.6. The summed E-state index contributed by atoms with van der Waals surface area (Å²) in [4.78, 5) is 36.6. The van der Waals surface area contributed by atoms with Crippen LogP contribution in [0.5, 0.6) is 5.88 Å². The zero-order chi connectivity index (χ0) is 22.5. The van der Waals surface area contributed by atoms with E-state index in [1.54, 1.807) is 49.4 Å².